The molecular formula is C18H29N5O3S. The molecule has 1 fully saturated rings. The fraction of sp³-hybridized carbons (Fsp3) is 0.722. The van der Waals surface area contributed by atoms with Crippen LogP contribution in [0.5, 0.6) is 0 Å². The van der Waals surface area contributed by atoms with Crippen LogP contribution < -0.4 is 4.90 Å². The van der Waals surface area contributed by atoms with Crippen LogP contribution in [0.15, 0.2) is 0 Å². The van der Waals surface area contributed by atoms with Gasteiger partial charge in [0.1, 0.15) is 11.6 Å². The monoisotopic (exact) mass is 395 g/mol. The van der Waals surface area contributed by atoms with Crippen molar-refractivity contribution in [3.63, 3.8) is 0 Å². The summed E-state index contributed by atoms with van der Waals surface area (Å²) in [6.45, 7) is 7.12. The SMILES string of the molecule is Cc1nc([C@@H]2CCCN2S(=O)(=O)N(C)C)nc2c1CCC(=O)N2CC(C)C. The third-order valence-corrected chi connectivity index (χ3v) is 7.11. The molecule has 0 aliphatic carbocycles. The van der Waals surface area contributed by atoms with Gasteiger partial charge in [0, 0.05) is 44.9 Å². The van der Waals surface area contributed by atoms with Crippen molar-refractivity contribution in [2.24, 2.45) is 5.92 Å². The lowest BCUT2D eigenvalue weighted by Gasteiger charge is -2.32. The molecule has 2 aliphatic rings. The zero-order chi connectivity index (χ0) is 19.9. The molecule has 0 bridgehead atoms. The van der Waals surface area contributed by atoms with Gasteiger partial charge in [-0.3, -0.25) is 9.69 Å². The molecule has 0 aromatic carbocycles. The van der Waals surface area contributed by atoms with E-state index in [1.165, 1.54) is 22.7 Å². The Bertz CT molecular complexity index is 838. The average Bonchev–Trinajstić information content (AvgIpc) is 3.07. The highest BCUT2D eigenvalue weighted by atomic mass is 32.2. The van der Waals surface area contributed by atoms with Crippen LogP contribution in [0.3, 0.4) is 0 Å². The van der Waals surface area contributed by atoms with Crippen molar-refractivity contribution in [2.75, 3.05) is 32.1 Å². The second kappa shape index (κ2) is 7.44. The van der Waals surface area contributed by atoms with Crippen LogP contribution in [0.2, 0.25) is 0 Å². The van der Waals surface area contributed by atoms with E-state index in [0.717, 1.165) is 17.7 Å². The van der Waals surface area contributed by atoms with Crippen molar-refractivity contribution in [2.45, 2.75) is 52.5 Å². The zero-order valence-corrected chi connectivity index (χ0v) is 17.6. The summed E-state index contributed by atoms with van der Waals surface area (Å²) in [6.07, 6.45) is 2.56. The Morgan fingerprint density at radius 2 is 1.93 bits per heavy atom. The smallest absolute Gasteiger partial charge is 0.282 e. The molecule has 1 saturated heterocycles. The lowest BCUT2D eigenvalue weighted by Crippen LogP contribution is -2.41. The van der Waals surface area contributed by atoms with Crippen molar-refractivity contribution < 1.29 is 13.2 Å². The summed E-state index contributed by atoms with van der Waals surface area (Å²) in [6, 6.07) is -0.390. The number of carbonyl (C=O) groups is 1. The standard InChI is InChI=1S/C18H29N5O3S/c1-12(2)11-22-16(24)9-8-14-13(3)19-17(20-18(14)22)15-7-6-10-23(15)27(25,26)21(4)5/h12,15H,6-11H2,1-5H3/t15-/m0/s1. The Morgan fingerprint density at radius 3 is 2.56 bits per heavy atom. The number of hydrogen-bond donors (Lipinski definition) is 0. The Morgan fingerprint density at radius 1 is 1.22 bits per heavy atom. The Kier molecular flexibility index (Phi) is 5.56. The van der Waals surface area contributed by atoms with Gasteiger partial charge >= 0.3 is 0 Å². The molecule has 0 unspecified atom stereocenters. The fourth-order valence-electron chi connectivity index (χ4n) is 3.79. The number of hydrogen-bond acceptors (Lipinski definition) is 5. The summed E-state index contributed by atoms with van der Waals surface area (Å²) in [5, 5.41) is 0. The lowest BCUT2D eigenvalue weighted by atomic mass is 10.0. The van der Waals surface area contributed by atoms with E-state index in [1.54, 1.807) is 4.90 Å². The molecule has 1 atom stereocenters. The van der Waals surface area contributed by atoms with Gasteiger partial charge in [-0.25, -0.2) is 9.97 Å². The van der Waals surface area contributed by atoms with Crippen molar-refractivity contribution in [3.8, 4) is 0 Å². The molecular weight excluding hydrogens is 366 g/mol. The van der Waals surface area contributed by atoms with Crippen LogP contribution in [0.4, 0.5) is 5.82 Å². The third kappa shape index (κ3) is 3.72. The van der Waals surface area contributed by atoms with E-state index in [2.05, 4.69) is 18.8 Å². The normalized spacial score (nSPS) is 21.4. The van der Waals surface area contributed by atoms with Gasteiger partial charge in [0.2, 0.25) is 5.91 Å². The molecule has 0 saturated carbocycles. The van der Waals surface area contributed by atoms with Gasteiger partial charge in [0.25, 0.3) is 10.2 Å². The molecule has 27 heavy (non-hydrogen) atoms. The number of aromatic nitrogens is 2. The second-order valence-corrected chi connectivity index (χ2v) is 10.0. The van der Waals surface area contributed by atoms with Crippen molar-refractivity contribution in [1.29, 1.82) is 0 Å². The number of nitrogens with zero attached hydrogens (tertiary/aromatic N) is 5. The van der Waals surface area contributed by atoms with E-state index in [-0.39, 0.29) is 11.9 Å². The number of amides is 1. The molecule has 0 radical (unpaired) electrons. The highest BCUT2D eigenvalue weighted by molar-refractivity contribution is 7.86. The van der Waals surface area contributed by atoms with Crippen molar-refractivity contribution in [3.05, 3.63) is 17.1 Å². The maximum absolute atomic E-state index is 12.7. The highest BCUT2D eigenvalue weighted by Gasteiger charge is 2.39. The molecule has 0 spiro atoms. The summed E-state index contributed by atoms with van der Waals surface area (Å²) in [5.41, 5.74) is 1.84. The predicted octanol–water partition coefficient (Wildman–Crippen LogP) is 1.66. The minimum Gasteiger partial charge on any atom is -0.296 e. The van der Waals surface area contributed by atoms with Crippen LogP contribution >= 0.6 is 0 Å². The van der Waals surface area contributed by atoms with Gasteiger partial charge in [0.05, 0.1) is 6.04 Å². The van der Waals surface area contributed by atoms with Gasteiger partial charge in [-0.05, 0) is 32.1 Å². The minimum absolute atomic E-state index is 0.0736. The maximum Gasteiger partial charge on any atom is 0.282 e. The molecule has 1 aromatic rings. The highest BCUT2D eigenvalue weighted by Crippen LogP contribution is 2.36. The molecule has 8 nitrogen and oxygen atoms in total. The zero-order valence-electron chi connectivity index (χ0n) is 16.8. The molecule has 3 heterocycles. The van der Waals surface area contributed by atoms with Crippen molar-refractivity contribution in [1.82, 2.24) is 18.6 Å². The van der Waals surface area contributed by atoms with E-state index in [1.807, 2.05) is 6.92 Å². The first-order chi connectivity index (χ1) is 12.6. The summed E-state index contributed by atoms with van der Waals surface area (Å²) in [4.78, 5) is 23.6. The number of aryl methyl sites for hydroxylation is 1. The number of fused-ring (bicyclic) bond motifs is 1. The van der Waals surface area contributed by atoms with Gasteiger partial charge in [-0.15, -0.1) is 0 Å². The van der Waals surface area contributed by atoms with Gasteiger partial charge in [-0.2, -0.15) is 17.0 Å². The van der Waals surface area contributed by atoms with E-state index in [9.17, 15) is 13.2 Å². The predicted molar refractivity (Wildman–Crippen MR) is 104 cm³/mol. The van der Waals surface area contributed by atoms with Crippen LogP contribution in [0.25, 0.3) is 0 Å². The van der Waals surface area contributed by atoms with Crippen LogP contribution in [-0.4, -0.2) is 60.1 Å². The first-order valence-electron chi connectivity index (χ1n) is 9.50. The maximum atomic E-state index is 12.7. The molecule has 2 aliphatic heterocycles. The summed E-state index contributed by atoms with van der Waals surface area (Å²) in [7, 11) is -0.476. The van der Waals surface area contributed by atoms with Gasteiger partial charge in [-0.1, -0.05) is 13.8 Å². The Labute approximate surface area is 161 Å². The minimum atomic E-state index is -3.55. The molecule has 1 amide bonds. The van der Waals surface area contributed by atoms with E-state index < -0.39 is 10.2 Å². The number of anilines is 1. The quantitative estimate of drug-likeness (QED) is 0.757. The summed E-state index contributed by atoms with van der Waals surface area (Å²) in [5.74, 6) is 1.55. The van der Waals surface area contributed by atoms with Gasteiger partial charge in [0.15, 0.2) is 0 Å². The lowest BCUT2D eigenvalue weighted by molar-refractivity contribution is -0.119. The average molecular weight is 396 g/mol. The Hall–Kier alpha value is -1.58. The molecule has 150 valence electrons. The van der Waals surface area contributed by atoms with Crippen LogP contribution in [0, 0.1) is 12.8 Å². The second-order valence-electron chi connectivity index (χ2n) is 7.93. The molecule has 0 N–H and O–H groups in total. The molecule has 3 rings (SSSR count). The Balaban J connectivity index is 2.04. The molecule has 9 heteroatoms. The number of rotatable bonds is 5. The van der Waals surface area contributed by atoms with E-state index in [0.29, 0.717) is 49.9 Å². The van der Waals surface area contributed by atoms with E-state index in [4.69, 9.17) is 4.98 Å². The number of carbonyl (C=O) groups excluding carboxylic acids is 1. The van der Waals surface area contributed by atoms with Gasteiger partial charge < -0.3 is 0 Å². The van der Waals surface area contributed by atoms with E-state index >= 15 is 0 Å². The fourth-order valence-corrected chi connectivity index (χ4v) is 5.09. The summed E-state index contributed by atoms with van der Waals surface area (Å²) >= 11 is 0. The third-order valence-electron chi connectivity index (χ3n) is 5.16. The summed E-state index contributed by atoms with van der Waals surface area (Å²) < 4.78 is 28.1. The van der Waals surface area contributed by atoms with Crippen LogP contribution in [-0.2, 0) is 21.4 Å². The molecule has 1 aromatic heterocycles. The topological polar surface area (TPSA) is 86.7 Å². The first-order valence-corrected chi connectivity index (χ1v) is 10.9. The largest absolute Gasteiger partial charge is 0.296 e. The van der Waals surface area contributed by atoms with Crippen LogP contribution in [0.1, 0.15) is 56.2 Å². The van der Waals surface area contributed by atoms with Crippen molar-refractivity contribution >= 4 is 21.9 Å². The first kappa shape index (κ1) is 20.2.